The molecule has 4 bridgehead atoms. The molecule has 0 saturated heterocycles. The summed E-state index contributed by atoms with van der Waals surface area (Å²) in [5.74, 6) is 2.92. The van der Waals surface area contributed by atoms with E-state index in [1.807, 2.05) is 37.3 Å². The van der Waals surface area contributed by atoms with E-state index in [1.165, 1.54) is 43.2 Å². The number of rotatable bonds is 4. The summed E-state index contributed by atoms with van der Waals surface area (Å²) in [6, 6.07) is 18.5. The second-order valence-corrected chi connectivity index (χ2v) is 10.1. The average Bonchev–Trinajstić information content (AvgIpc) is 3.17. The fourth-order valence-corrected chi connectivity index (χ4v) is 7.18. The standard InChI is InChI=1S/C28H29NO2/c1-2-29-27(31)23-6-5-19-12-20(3-4-21(19)13-23)22-7-8-26(30)25(14-22)28-15-17-9-18(16-28)11-24(28)10-17/h3-8,12-14,17-18,24,30H,2,9-11,15-16H2,1H3,(H,29,31). The van der Waals surface area contributed by atoms with Gasteiger partial charge in [0.1, 0.15) is 5.75 Å². The first-order valence-corrected chi connectivity index (χ1v) is 11.7. The molecule has 2 unspecified atom stereocenters. The Bertz CT molecular complexity index is 1180. The largest absolute Gasteiger partial charge is 0.508 e. The Kier molecular flexibility index (Phi) is 4.18. The number of hydrogen-bond acceptors (Lipinski definition) is 2. The third kappa shape index (κ3) is 2.90. The number of hydrogen-bond donors (Lipinski definition) is 2. The van der Waals surface area contributed by atoms with Crippen LogP contribution < -0.4 is 5.32 Å². The van der Waals surface area contributed by atoms with Crippen molar-refractivity contribution in [2.24, 2.45) is 17.8 Å². The number of carbonyl (C=O) groups excluding carboxylic acids is 1. The van der Waals surface area contributed by atoms with E-state index in [0.29, 0.717) is 17.9 Å². The van der Waals surface area contributed by atoms with Crippen molar-refractivity contribution < 1.29 is 9.90 Å². The quantitative estimate of drug-likeness (QED) is 0.550. The van der Waals surface area contributed by atoms with Crippen molar-refractivity contribution in [3.8, 4) is 16.9 Å². The van der Waals surface area contributed by atoms with E-state index in [-0.39, 0.29) is 11.3 Å². The predicted molar refractivity (Wildman–Crippen MR) is 124 cm³/mol. The number of nitrogens with one attached hydrogen (secondary N) is 1. The van der Waals surface area contributed by atoms with Crippen molar-refractivity contribution in [3.63, 3.8) is 0 Å². The van der Waals surface area contributed by atoms with Crippen LogP contribution in [0.25, 0.3) is 21.9 Å². The summed E-state index contributed by atoms with van der Waals surface area (Å²) in [4.78, 5) is 12.2. The second kappa shape index (κ2) is 6.85. The van der Waals surface area contributed by atoms with Crippen LogP contribution in [-0.4, -0.2) is 17.6 Å². The number of amides is 1. The van der Waals surface area contributed by atoms with Crippen molar-refractivity contribution in [3.05, 3.63) is 65.7 Å². The van der Waals surface area contributed by atoms with E-state index in [4.69, 9.17) is 0 Å². The van der Waals surface area contributed by atoms with Gasteiger partial charge in [-0.1, -0.05) is 24.3 Å². The van der Waals surface area contributed by atoms with E-state index in [9.17, 15) is 9.90 Å². The molecule has 2 N–H and O–H groups in total. The lowest BCUT2D eigenvalue weighted by atomic mass is 9.70. The summed E-state index contributed by atoms with van der Waals surface area (Å²) in [5, 5.41) is 15.9. The summed E-state index contributed by atoms with van der Waals surface area (Å²) in [7, 11) is 0. The number of carbonyl (C=O) groups is 1. The third-order valence-electron chi connectivity index (χ3n) is 8.30. The highest BCUT2D eigenvalue weighted by Gasteiger charge is 2.59. The van der Waals surface area contributed by atoms with Crippen LogP contribution in [-0.2, 0) is 5.41 Å². The van der Waals surface area contributed by atoms with Crippen LogP contribution in [0.1, 0.15) is 54.9 Å². The molecule has 7 rings (SSSR count). The van der Waals surface area contributed by atoms with E-state index in [1.54, 1.807) is 0 Å². The minimum atomic E-state index is -0.0309. The molecule has 2 atom stereocenters. The lowest BCUT2D eigenvalue weighted by molar-refractivity contribution is 0.0956. The van der Waals surface area contributed by atoms with E-state index in [0.717, 1.165) is 34.1 Å². The zero-order chi connectivity index (χ0) is 21.2. The van der Waals surface area contributed by atoms with Crippen LogP contribution >= 0.6 is 0 Å². The van der Waals surface area contributed by atoms with Crippen molar-refractivity contribution in [1.82, 2.24) is 5.32 Å². The third-order valence-corrected chi connectivity index (χ3v) is 8.30. The van der Waals surface area contributed by atoms with Crippen LogP contribution in [0.5, 0.6) is 5.75 Å². The number of phenols is 1. The average molecular weight is 412 g/mol. The Morgan fingerprint density at radius 1 is 0.935 bits per heavy atom. The fourth-order valence-electron chi connectivity index (χ4n) is 7.18. The van der Waals surface area contributed by atoms with E-state index >= 15 is 0 Å². The molecule has 0 spiro atoms. The Balaban J connectivity index is 1.38. The van der Waals surface area contributed by atoms with Crippen LogP contribution in [0.2, 0.25) is 0 Å². The molecular formula is C28H29NO2. The second-order valence-electron chi connectivity index (χ2n) is 10.1. The molecule has 0 radical (unpaired) electrons. The Morgan fingerprint density at radius 2 is 1.61 bits per heavy atom. The van der Waals surface area contributed by atoms with Crippen LogP contribution in [0.4, 0.5) is 0 Å². The highest BCUT2D eigenvalue weighted by molar-refractivity contribution is 5.99. The molecule has 31 heavy (non-hydrogen) atoms. The molecule has 3 aromatic rings. The van der Waals surface area contributed by atoms with Gasteiger partial charge in [-0.25, -0.2) is 0 Å². The van der Waals surface area contributed by atoms with Gasteiger partial charge in [0.2, 0.25) is 0 Å². The topological polar surface area (TPSA) is 49.3 Å². The zero-order valence-electron chi connectivity index (χ0n) is 18.0. The maximum absolute atomic E-state index is 12.2. The summed E-state index contributed by atoms with van der Waals surface area (Å²) in [5.41, 5.74) is 4.41. The molecule has 0 aromatic heterocycles. The van der Waals surface area contributed by atoms with Crippen molar-refractivity contribution in [1.29, 1.82) is 0 Å². The summed E-state index contributed by atoms with van der Waals surface area (Å²) in [6.07, 6.45) is 6.62. The molecule has 3 nitrogen and oxygen atoms in total. The number of benzene rings is 3. The van der Waals surface area contributed by atoms with Gasteiger partial charge in [-0.05, 0) is 109 Å². The monoisotopic (exact) mass is 411 g/mol. The Labute approximate surface area is 183 Å². The molecule has 0 aliphatic heterocycles. The van der Waals surface area contributed by atoms with Gasteiger partial charge in [-0.2, -0.15) is 0 Å². The first-order valence-electron chi connectivity index (χ1n) is 11.7. The summed E-state index contributed by atoms with van der Waals surface area (Å²) < 4.78 is 0. The lowest BCUT2D eigenvalue weighted by Gasteiger charge is -2.34. The minimum absolute atomic E-state index is 0.0309. The molecule has 0 heterocycles. The lowest BCUT2D eigenvalue weighted by Crippen LogP contribution is -2.27. The molecule has 3 aromatic carbocycles. The smallest absolute Gasteiger partial charge is 0.251 e. The zero-order valence-corrected chi connectivity index (χ0v) is 18.0. The highest BCUT2D eigenvalue weighted by atomic mass is 16.3. The maximum atomic E-state index is 12.2. The minimum Gasteiger partial charge on any atom is -0.508 e. The molecule has 1 amide bonds. The molecular weight excluding hydrogens is 382 g/mol. The SMILES string of the molecule is CCNC(=O)c1ccc2cc(-c3ccc(O)c(C45CC6CC(CC4C6)C5)c3)ccc2c1. The van der Waals surface area contributed by atoms with Crippen molar-refractivity contribution in [2.75, 3.05) is 6.54 Å². The Morgan fingerprint density at radius 3 is 2.39 bits per heavy atom. The molecule has 4 aliphatic carbocycles. The van der Waals surface area contributed by atoms with Gasteiger partial charge in [0.25, 0.3) is 5.91 Å². The molecule has 158 valence electrons. The first-order chi connectivity index (χ1) is 15.1. The molecule has 4 saturated carbocycles. The van der Waals surface area contributed by atoms with Gasteiger partial charge < -0.3 is 10.4 Å². The van der Waals surface area contributed by atoms with Crippen LogP contribution in [0.15, 0.2) is 54.6 Å². The van der Waals surface area contributed by atoms with E-state index < -0.39 is 0 Å². The van der Waals surface area contributed by atoms with Gasteiger partial charge in [0, 0.05) is 23.1 Å². The fraction of sp³-hybridized carbons (Fsp3) is 0.393. The first kappa shape index (κ1) is 18.9. The summed E-state index contributed by atoms with van der Waals surface area (Å²) >= 11 is 0. The van der Waals surface area contributed by atoms with Gasteiger partial charge in [-0.3, -0.25) is 4.79 Å². The van der Waals surface area contributed by atoms with Crippen molar-refractivity contribution >= 4 is 16.7 Å². The van der Waals surface area contributed by atoms with Gasteiger partial charge >= 0.3 is 0 Å². The number of aromatic hydroxyl groups is 1. The van der Waals surface area contributed by atoms with Crippen molar-refractivity contribution in [2.45, 2.75) is 44.4 Å². The Hall–Kier alpha value is -2.81. The predicted octanol–water partition coefficient (Wildman–Crippen LogP) is 6.04. The van der Waals surface area contributed by atoms with Crippen LogP contribution in [0, 0.1) is 17.8 Å². The summed E-state index contributed by atoms with van der Waals surface area (Å²) in [6.45, 7) is 2.56. The van der Waals surface area contributed by atoms with Crippen LogP contribution in [0.3, 0.4) is 0 Å². The normalized spacial score (nSPS) is 28.4. The number of fused-ring (bicyclic) bond motifs is 1. The molecule has 4 fully saturated rings. The van der Waals surface area contributed by atoms with E-state index in [2.05, 4.69) is 29.6 Å². The molecule has 3 heteroatoms. The molecule has 4 aliphatic rings. The highest BCUT2D eigenvalue weighted by Crippen LogP contribution is 2.67. The maximum Gasteiger partial charge on any atom is 0.251 e. The van der Waals surface area contributed by atoms with Gasteiger partial charge in [0.05, 0.1) is 0 Å². The van der Waals surface area contributed by atoms with Gasteiger partial charge in [-0.15, -0.1) is 0 Å². The van der Waals surface area contributed by atoms with Gasteiger partial charge in [0.15, 0.2) is 0 Å². The number of phenolic OH excluding ortho intramolecular Hbond substituents is 1.